The fraction of sp³-hybridized carbons (Fsp3) is 0.846. The summed E-state index contributed by atoms with van der Waals surface area (Å²) in [6.07, 6.45) is 1.52. The van der Waals surface area contributed by atoms with Crippen LogP contribution in [0.2, 0.25) is 0 Å². The van der Waals surface area contributed by atoms with E-state index in [0.29, 0.717) is 6.61 Å². The summed E-state index contributed by atoms with van der Waals surface area (Å²) in [5.41, 5.74) is 0. The Balaban J connectivity index is 2.77. The van der Waals surface area contributed by atoms with E-state index in [1.165, 1.54) is 4.90 Å². The van der Waals surface area contributed by atoms with Gasteiger partial charge in [-0.3, -0.25) is 4.79 Å². The average Bonchev–Trinajstić information content (AvgIpc) is 2.79. The minimum absolute atomic E-state index is 0.00226. The number of amides is 2. The summed E-state index contributed by atoms with van der Waals surface area (Å²) in [6, 6.07) is -0.310. The van der Waals surface area contributed by atoms with Crippen molar-refractivity contribution in [1.29, 1.82) is 0 Å². The zero-order chi connectivity index (χ0) is 14.6. The van der Waals surface area contributed by atoms with Crippen LogP contribution in [0.5, 0.6) is 0 Å². The smallest absolute Gasteiger partial charge is 0.323 e. The maximum atomic E-state index is 12.4. The van der Waals surface area contributed by atoms with Crippen molar-refractivity contribution in [3.8, 4) is 0 Å². The molecule has 0 bridgehead atoms. The molecule has 0 aromatic carbocycles. The molecule has 2 amide bonds. The summed E-state index contributed by atoms with van der Waals surface area (Å²) in [6.45, 7) is 6.12. The number of aliphatic carboxylic acids is 1. The van der Waals surface area contributed by atoms with Crippen LogP contribution >= 0.6 is 0 Å². The molecule has 110 valence electrons. The van der Waals surface area contributed by atoms with Gasteiger partial charge in [0.25, 0.3) is 0 Å². The SMILES string of the molecule is CCC(C)N(CC(=O)O)C(=O)N(C)C1CCOC1C. The highest BCUT2D eigenvalue weighted by molar-refractivity contribution is 5.80. The first-order chi connectivity index (χ1) is 8.88. The fourth-order valence-corrected chi connectivity index (χ4v) is 2.35. The van der Waals surface area contributed by atoms with Gasteiger partial charge in [-0.15, -0.1) is 0 Å². The highest BCUT2D eigenvalue weighted by Crippen LogP contribution is 2.20. The van der Waals surface area contributed by atoms with Crippen molar-refractivity contribution in [3.63, 3.8) is 0 Å². The second-order valence-electron chi connectivity index (χ2n) is 5.10. The van der Waals surface area contributed by atoms with Crippen molar-refractivity contribution < 1.29 is 19.4 Å². The summed E-state index contributed by atoms with van der Waals surface area (Å²) in [5, 5.41) is 8.94. The molecule has 0 aromatic heterocycles. The molecular formula is C13H24N2O4. The predicted molar refractivity (Wildman–Crippen MR) is 71.1 cm³/mol. The molecule has 1 aliphatic rings. The number of hydrogen-bond acceptors (Lipinski definition) is 3. The molecule has 19 heavy (non-hydrogen) atoms. The van der Waals surface area contributed by atoms with Gasteiger partial charge in [-0.05, 0) is 26.7 Å². The fourth-order valence-electron chi connectivity index (χ4n) is 2.35. The molecule has 1 saturated heterocycles. The number of hydrogen-bond donors (Lipinski definition) is 1. The van der Waals surface area contributed by atoms with Crippen LogP contribution < -0.4 is 0 Å². The molecule has 3 atom stereocenters. The lowest BCUT2D eigenvalue weighted by Gasteiger charge is -2.35. The number of nitrogens with zero attached hydrogens (tertiary/aromatic N) is 2. The summed E-state index contributed by atoms with van der Waals surface area (Å²) < 4.78 is 5.46. The van der Waals surface area contributed by atoms with Crippen LogP contribution in [0.15, 0.2) is 0 Å². The first-order valence-electron chi connectivity index (χ1n) is 6.75. The van der Waals surface area contributed by atoms with E-state index in [2.05, 4.69) is 0 Å². The molecule has 3 unspecified atom stereocenters. The Bertz CT molecular complexity index is 335. The molecule has 0 spiro atoms. The van der Waals surface area contributed by atoms with Crippen molar-refractivity contribution in [2.75, 3.05) is 20.2 Å². The van der Waals surface area contributed by atoms with E-state index >= 15 is 0 Å². The number of carbonyl (C=O) groups is 2. The van der Waals surface area contributed by atoms with Gasteiger partial charge in [0.2, 0.25) is 0 Å². The van der Waals surface area contributed by atoms with Crippen LogP contribution in [0.4, 0.5) is 4.79 Å². The molecule has 0 aromatic rings. The van der Waals surface area contributed by atoms with Crippen molar-refractivity contribution in [2.24, 2.45) is 0 Å². The zero-order valence-corrected chi connectivity index (χ0v) is 12.1. The van der Waals surface area contributed by atoms with Gasteiger partial charge in [0.05, 0.1) is 12.1 Å². The largest absolute Gasteiger partial charge is 0.480 e. The van der Waals surface area contributed by atoms with Crippen molar-refractivity contribution in [2.45, 2.75) is 51.8 Å². The van der Waals surface area contributed by atoms with E-state index in [1.54, 1.807) is 11.9 Å². The number of carboxylic acids is 1. The lowest BCUT2D eigenvalue weighted by atomic mass is 10.1. The molecule has 1 rings (SSSR count). The van der Waals surface area contributed by atoms with Crippen molar-refractivity contribution >= 4 is 12.0 Å². The number of rotatable bonds is 5. The van der Waals surface area contributed by atoms with Crippen LogP contribution in [-0.4, -0.2) is 65.3 Å². The first-order valence-corrected chi connectivity index (χ1v) is 6.75. The van der Waals surface area contributed by atoms with Gasteiger partial charge in [0.1, 0.15) is 6.54 Å². The standard InChI is InChI=1S/C13H24N2O4/c1-5-9(2)15(8-12(16)17)13(18)14(4)11-6-7-19-10(11)3/h9-11H,5-8H2,1-4H3,(H,16,17). The van der Waals surface area contributed by atoms with Crippen molar-refractivity contribution in [1.82, 2.24) is 9.80 Å². The third-order valence-electron chi connectivity index (χ3n) is 3.81. The summed E-state index contributed by atoms with van der Waals surface area (Å²) in [7, 11) is 1.72. The van der Waals surface area contributed by atoms with Crippen LogP contribution in [0, 0.1) is 0 Å². The number of carbonyl (C=O) groups excluding carboxylic acids is 1. The normalized spacial score (nSPS) is 24.0. The number of likely N-dealkylation sites (N-methyl/N-ethyl adjacent to an activating group) is 1. The lowest BCUT2D eigenvalue weighted by Crippen LogP contribution is -2.52. The second kappa shape index (κ2) is 6.75. The molecule has 1 aliphatic heterocycles. The minimum Gasteiger partial charge on any atom is -0.480 e. The van der Waals surface area contributed by atoms with Crippen LogP contribution in [0.3, 0.4) is 0 Å². The Morgan fingerprint density at radius 1 is 1.47 bits per heavy atom. The minimum atomic E-state index is -0.988. The van der Waals surface area contributed by atoms with Gasteiger partial charge in [0.15, 0.2) is 0 Å². The number of urea groups is 1. The van der Waals surface area contributed by atoms with Crippen LogP contribution in [-0.2, 0) is 9.53 Å². The van der Waals surface area contributed by atoms with Gasteiger partial charge in [-0.1, -0.05) is 6.92 Å². The van der Waals surface area contributed by atoms with E-state index in [4.69, 9.17) is 9.84 Å². The molecule has 0 aliphatic carbocycles. The van der Waals surface area contributed by atoms with Gasteiger partial charge in [-0.25, -0.2) is 4.79 Å². The van der Waals surface area contributed by atoms with E-state index in [9.17, 15) is 9.59 Å². The molecule has 1 N–H and O–H groups in total. The van der Waals surface area contributed by atoms with Gasteiger partial charge < -0.3 is 19.6 Å². The number of carboxylic acid groups (broad SMARTS) is 1. The van der Waals surface area contributed by atoms with E-state index in [0.717, 1.165) is 12.8 Å². The third-order valence-corrected chi connectivity index (χ3v) is 3.81. The molecule has 0 radical (unpaired) electrons. The summed E-state index contributed by atoms with van der Waals surface area (Å²) >= 11 is 0. The Morgan fingerprint density at radius 2 is 2.11 bits per heavy atom. The highest BCUT2D eigenvalue weighted by atomic mass is 16.5. The second-order valence-corrected chi connectivity index (χ2v) is 5.10. The maximum absolute atomic E-state index is 12.4. The molecule has 1 fully saturated rings. The molecular weight excluding hydrogens is 248 g/mol. The number of ether oxygens (including phenoxy) is 1. The van der Waals surface area contributed by atoms with Crippen molar-refractivity contribution in [3.05, 3.63) is 0 Å². The summed E-state index contributed by atoms with van der Waals surface area (Å²) in [4.78, 5) is 26.4. The molecule has 6 heteroatoms. The average molecular weight is 272 g/mol. The van der Waals surface area contributed by atoms with Gasteiger partial charge in [0, 0.05) is 19.7 Å². The Morgan fingerprint density at radius 3 is 2.53 bits per heavy atom. The first kappa shape index (κ1) is 15.8. The van der Waals surface area contributed by atoms with Gasteiger partial charge >= 0.3 is 12.0 Å². The predicted octanol–water partition coefficient (Wildman–Crippen LogP) is 1.40. The lowest BCUT2D eigenvalue weighted by molar-refractivity contribution is -0.138. The monoisotopic (exact) mass is 272 g/mol. The maximum Gasteiger partial charge on any atom is 0.323 e. The topological polar surface area (TPSA) is 70.1 Å². The van der Waals surface area contributed by atoms with E-state index in [1.807, 2.05) is 20.8 Å². The molecule has 0 saturated carbocycles. The molecule has 1 heterocycles. The quantitative estimate of drug-likeness (QED) is 0.821. The Hall–Kier alpha value is -1.30. The van der Waals surface area contributed by atoms with Crippen LogP contribution in [0.25, 0.3) is 0 Å². The third kappa shape index (κ3) is 3.83. The highest BCUT2D eigenvalue weighted by Gasteiger charge is 2.34. The summed E-state index contributed by atoms with van der Waals surface area (Å²) in [5.74, 6) is -0.988. The van der Waals surface area contributed by atoms with E-state index < -0.39 is 5.97 Å². The Kier molecular flexibility index (Phi) is 5.60. The van der Waals surface area contributed by atoms with Gasteiger partial charge in [-0.2, -0.15) is 0 Å². The van der Waals surface area contributed by atoms with E-state index in [-0.39, 0.29) is 30.8 Å². The zero-order valence-electron chi connectivity index (χ0n) is 12.1. The Labute approximate surface area is 114 Å². The van der Waals surface area contributed by atoms with Crippen LogP contribution in [0.1, 0.15) is 33.6 Å². The molecule has 6 nitrogen and oxygen atoms in total.